The van der Waals surface area contributed by atoms with E-state index in [4.69, 9.17) is 4.74 Å². The first-order valence-electron chi connectivity index (χ1n) is 7.54. The number of fused-ring (bicyclic) bond motifs is 1. The topological polar surface area (TPSA) is 29.5 Å². The number of hydrogen-bond acceptors (Lipinski definition) is 2. The van der Waals surface area contributed by atoms with Crippen LogP contribution in [-0.2, 0) is 17.3 Å². The van der Waals surface area contributed by atoms with Gasteiger partial charge in [0.05, 0.1) is 17.9 Å². The molecule has 122 valence electrons. The predicted octanol–water partition coefficient (Wildman–Crippen LogP) is 4.78. The lowest BCUT2D eigenvalue weighted by Gasteiger charge is -2.36. The van der Waals surface area contributed by atoms with Gasteiger partial charge < -0.3 is 4.74 Å². The van der Waals surface area contributed by atoms with Crippen LogP contribution in [0.15, 0.2) is 18.2 Å². The average Bonchev–Trinajstić information content (AvgIpc) is 2.49. The Morgan fingerprint density at radius 1 is 1.36 bits per heavy atom. The number of nitrogens with zero attached hydrogens (tertiary/aromatic N) is 1. The maximum absolute atomic E-state index is 12.8. The number of anilines is 1. The molecule has 2 rings (SSSR count). The minimum Gasteiger partial charge on any atom is -0.449 e. The fourth-order valence-electron chi connectivity index (χ4n) is 2.74. The first-order valence-corrected chi connectivity index (χ1v) is 7.54. The van der Waals surface area contributed by atoms with Gasteiger partial charge in [-0.05, 0) is 49.4 Å². The molecular formula is C16H20F3NO2. The number of ether oxygens (including phenoxy) is 1. The predicted molar refractivity (Wildman–Crippen MR) is 78.0 cm³/mol. The molecule has 0 fully saturated rings. The van der Waals surface area contributed by atoms with Gasteiger partial charge in [-0.1, -0.05) is 13.8 Å². The highest BCUT2D eigenvalue weighted by Gasteiger charge is 2.35. The second-order valence-corrected chi connectivity index (χ2v) is 5.43. The highest BCUT2D eigenvalue weighted by Crippen LogP contribution is 2.37. The Morgan fingerprint density at radius 2 is 2.09 bits per heavy atom. The Bertz CT molecular complexity index is 543. The summed E-state index contributed by atoms with van der Waals surface area (Å²) in [6.45, 7) is 4.16. The summed E-state index contributed by atoms with van der Waals surface area (Å²) >= 11 is 0. The van der Waals surface area contributed by atoms with Gasteiger partial charge in [0.25, 0.3) is 0 Å². The van der Waals surface area contributed by atoms with Gasteiger partial charge in [-0.2, -0.15) is 13.2 Å². The molecule has 1 aliphatic rings. The molecule has 0 N–H and O–H groups in total. The second kappa shape index (κ2) is 6.58. The largest absolute Gasteiger partial charge is 0.449 e. The molecule has 1 amide bonds. The van der Waals surface area contributed by atoms with Crippen LogP contribution < -0.4 is 4.90 Å². The van der Waals surface area contributed by atoms with E-state index in [2.05, 4.69) is 0 Å². The zero-order valence-corrected chi connectivity index (χ0v) is 12.7. The Labute approximate surface area is 128 Å². The van der Waals surface area contributed by atoms with E-state index in [0.717, 1.165) is 18.6 Å². The van der Waals surface area contributed by atoms with Crippen molar-refractivity contribution in [1.29, 1.82) is 0 Å². The molecule has 6 heteroatoms. The van der Waals surface area contributed by atoms with Crippen LogP contribution >= 0.6 is 0 Å². The van der Waals surface area contributed by atoms with Gasteiger partial charge >= 0.3 is 12.3 Å². The van der Waals surface area contributed by atoms with E-state index in [0.29, 0.717) is 37.1 Å². The Kier molecular flexibility index (Phi) is 4.98. The van der Waals surface area contributed by atoms with Gasteiger partial charge in [0.2, 0.25) is 0 Å². The summed E-state index contributed by atoms with van der Waals surface area (Å²) in [5, 5.41) is 0. The maximum Gasteiger partial charge on any atom is 0.416 e. The van der Waals surface area contributed by atoms with E-state index in [-0.39, 0.29) is 6.04 Å². The van der Waals surface area contributed by atoms with Crippen molar-refractivity contribution in [2.75, 3.05) is 11.5 Å². The fourth-order valence-corrected chi connectivity index (χ4v) is 2.74. The number of rotatable bonds is 3. The third-order valence-corrected chi connectivity index (χ3v) is 3.88. The van der Waals surface area contributed by atoms with Gasteiger partial charge in [-0.15, -0.1) is 0 Å². The zero-order chi connectivity index (χ0) is 16.3. The van der Waals surface area contributed by atoms with Gasteiger partial charge in [0.1, 0.15) is 0 Å². The molecule has 1 aromatic carbocycles. The smallest absolute Gasteiger partial charge is 0.416 e. The molecule has 1 heterocycles. The number of benzene rings is 1. The molecule has 0 radical (unpaired) electrons. The molecule has 0 aliphatic carbocycles. The number of halogens is 3. The first kappa shape index (κ1) is 16.6. The summed E-state index contributed by atoms with van der Waals surface area (Å²) < 4.78 is 43.6. The quantitative estimate of drug-likeness (QED) is 0.803. The molecule has 1 aromatic rings. The molecule has 0 bridgehead atoms. The minimum atomic E-state index is -4.37. The first-order chi connectivity index (χ1) is 10.4. The number of amides is 1. The van der Waals surface area contributed by atoms with Crippen molar-refractivity contribution >= 4 is 11.8 Å². The molecule has 0 spiro atoms. The van der Waals surface area contributed by atoms with Crippen LogP contribution in [0.2, 0.25) is 0 Å². The Morgan fingerprint density at radius 3 is 2.68 bits per heavy atom. The van der Waals surface area contributed by atoms with Crippen molar-refractivity contribution < 1.29 is 22.7 Å². The van der Waals surface area contributed by atoms with E-state index < -0.39 is 17.8 Å². The van der Waals surface area contributed by atoms with E-state index in [1.807, 2.05) is 13.8 Å². The zero-order valence-electron chi connectivity index (χ0n) is 12.7. The summed E-state index contributed by atoms with van der Waals surface area (Å²) in [6.07, 6.45) is -2.22. The standard InChI is InChI=1S/C16H20F3NO2/c1-3-9-22-15(21)20-13(4-2)7-5-11-10-12(16(17,18)19)6-8-14(11)20/h6,8,10,13H,3-5,7,9H2,1-2H3. The lowest BCUT2D eigenvalue weighted by Crippen LogP contribution is -2.44. The third kappa shape index (κ3) is 3.36. The van der Waals surface area contributed by atoms with Crippen LogP contribution in [0.1, 0.15) is 44.2 Å². The molecule has 0 saturated carbocycles. The summed E-state index contributed by atoms with van der Waals surface area (Å²) in [4.78, 5) is 13.8. The van der Waals surface area contributed by atoms with Gasteiger partial charge in [0.15, 0.2) is 0 Å². The second-order valence-electron chi connectivity index (χ2n) is 5.43. The highest BCUT2D eigenvalue weighted by molar-refractivity contribution is 5.90. The maximum atomic E-state index is 12.8. The van der Waals surface area contributed by atoms with Crippen molar-refractivity contribution in [3.63, 3.8) is 0 Å². The Balaban J connectivity index is 2.35. The molecular weight excluding hydrogens is 295 g/mol. The minimum absolute atomic E-state index is 0.0337. The molecule has 22 heavy (non-hydrogen) atoms. The van der Waals surface area contributed by atoms with Gasteiger partial charge in [0, 0.05) is 6.04 Å². The molecule has 0 saturated heterocycles. The van der Waals surface area contributed by atoms with Crippen molar-refractivity contribution in [1.82, 2.24) is 0 Å². The number of alkyl halides is 3. The van der Waals surface area contributed by atoms with Crippen LogP contribution in [0.3, 0.4) is 0 Å². The molecule has 3 nitrogen and oxygen atoms in total. The number of carbonyl (C=O) groups excluding carboxylic acids is 1. The van der Waals surface area contributed by atoms with Gasteiger partial charge in [-0.25, -0.2) is 4.79 Å². The van der Waals surface area contributed by atoms with E-state index in [9.17, 15) is 18.0 Å². The third-order valence-electron chi connectivity index (χ3n) is 3.88. The molecule has 1 atom stereocenters. The number of carbonyl (C=O) groups is 1. The van der Waals surface area contributed by atoms with Crippen LogP contribution in [-0.4, -0.2) is 18.7 Å². The van der Waals surface area contributed by atoms with Crippen LogP contribution in [0.5, 0.6) is 0 Å². The van der Waals surface area contributed by atoms with Crippen LogP contribution in [0, 0.1) is 0 Å². The Hall–Kier alpha value is -1.72. The van der Waals surface area contributed by atoms with Crippen molar-refractivity contribution in [3.8, 4) is 0 Å². The van der Waals surface area contributed by atoms with Crippen molar-refractivity contribution in [2.45, 2.75) is 51.7 Å². The fraction of sp³-hybridized carbons (Fsp3) is 0.562. The number of aryl methyl sites for hydroxylation is 1. The SMILES string of the molecule is CCCOC(=O)N1c2ccc(C(F)(F)F)cc2CCC1CC. The highest BCUT2D eigenvalue weighted by atomic mass is 19.4. The van der Waals surface area contributed by atoms with Crippen LogP contribution in [0.25, 0.3) is 0 Å². The normalized spacial score (nSPS) is 18.0. The number of hydrogen-bond donors (Lipinski definition) is 0. The van der Waals surface area contributed by atoms with Gasteiger partial charge in [-0.3, -0.25) is 4.90 Å². The lowest BCUT2D eigenvalue weighted by atomic mass is 9.93. The summed E-state index contributed by atoms with van der Waals surface area (Å²) in [5.41, 5.74) is 0.406. The lowest BCUT2D eigenvalue weighted by molar-refractivity contribution is -0.137. The molecule has 0 aromatic heterocycles. The summed E-state index contributed by atoms with van der Waals surface area (Å²) in [6, 6.07) is 3.51. The van der Waals surface area contributed by atoms with E-state index in [1.54, 1.807) is 0 Å². The average molecular weight is 315 g/mol. The summed E-state index contributed by atoms with van der Waals surface area (Å²) in [7, 11) is 0. The van der Waals surface area contributed by atoms with Crippen molar-refractivity contribution in [3.05, 3.63) is 29.3 Å². The van der Waals surface area contributed by atoms with Crippen molar-refractivity contribution in [2.24, 2.45) is 0 Å². The molecule has 1 aliphatic heterocycles. The molecule has 1 unspecified atom stereocenters. The monoisotopic (exact) mass is 315 g/mol. The summed E-state index contributed by atoms with van der Waals surface area (Å²) in [5.74, 6) is 0. The van der Waals surface area contributed by atoms with E-state index in [1.165, 1.54) is 11.0 Å². The van der Waals surface area contributed by atoms with Crippen LogP contribution in [0.4, 0.5) is 23.7 Å². The van der Waals surface area contributed by atoms with E-state index >= 15 is 0 Å².